The molecule has 126 valence electrons. The van der Waals surface area contributed by atoms with Crippen molar-refractivity contribution in [2.75, 3.05) is 25.4 Å². The van der Waals surface area contributed by atoms with E-state index in [1.165, 1.54) is 5.56 Å². The van der Waals surface area contributed by atoms with Crippen molar-refractivity contribution in [2.45, 2.75) is 20.0 Å². The molecule has 1 atom stereocenters. The fourth-order valence-electron chi connectivity index (χ4n) is 3.11. The third-order valence-electron chi connectivity index (χ3n) is 4.53. The van der Waals surface area contributed by atoms with Crippen molar-refractivity contribution < 1.29 is 9.53 Å². The van der Waals surface area contributed by atoms with Gasteiger partial charge in [-0.1, -0.05) is 36.4 Å². The first-order valence-electron chi connectivity index (χ1n) is 8.40. The minimum Gasteiger partial charge on any atom is -0.399 e. The lowest BCUT2D eigenvalue weighted by Gasteiger charge is -2.18. The fraction of sp³-hybridized carbons (Fsp3) is 0.350. The molecule has 0 bridgehead atoms. The number of rotatable bonds is 5. The molecule has 0 radical (unpaired) electrons. The van der Waals surface area contributed by atoms with Crippen LogP contribution in [0.2, 0.25) is 0 Å². The average molecular weight is 324 g/mol. The second-order valence-corrected chi connectivity index (χ2v) is 6.48. The molecule has 2 N–H and O–H groups in total. The van der Waals surface area contributed by atoms with Crippen molar-refractivity contribution in [3.63, 3.8) is 0 Å². The van der Waals surface area contributed by atoms with Crippen molar-refractivity contribution in [3.8, 4) is 0 Å². The lowest BCUT2D eigenvalue weighted by Crippen LogP contribution is -2.30. The zero-order chi connectivity index (χ0) is 16.9. The highest BCUT2D eigenvalue weighted by molar-refractivity contribution is 5.96. The van der Waals surface area contributed by atoms with E-state index in [0.29, 0.717) is 30.4 Å². The number of nitrogen functional groups attached to an aromatic ring is 1. The maximum Gasteiger partial charge on any atom is 0.254 e. The van der Waals surface area contributed by atoms with Gasteiger partial charge in [-0.2, -0.15) is 0 Å². The number of ether oxygens (including phenoxy) is 1. The van der Waals surface area contributed by atoms with E-state index in [0.717, 1.165) is 25.1 Å². The molecule has 1 heterocycles. The summed E-state index contributed by atoms with van der Waals surface area (Å²) in [4.78, 5) is 14.6. The Morgan fingerprint density at radius 2 is 2.04 bits per heavy atom. The van der Waals surface area contributed by atoms with E-state index in [1.807, 2.05) is 42.2 Å². The molecule has 1 unspecified atom stereocenters. The Morgan fingerprint density at radius 1 is 1.25 bits per heavy atom. The Bertz CT molecular complexity index is 700. The fourth-order valence-corrected chi connectivity index (χ4v) is 3.11. The zero-order valence-corrected chi connectivity index (χ0v) is 14.1. The third kappa shape index (κ3) is 3.95. The molecule has 4 heteroatoms. The van der Waals surface area contributed by atoms with Gasteiger partial charge in [0.05, 0.1) is 13.2 Å². The number of hydrogen-bond acceptors (Lipinski definition) is 3. The van der Waals surface area contributed by atoms with Crippen LogP contribution < -0.4 is 5.73 Å². The van der Waals surface area contributed by atoms with Crippen molar-refractivity contribution in [1.29, 1.82) is 0 Å². The molecule has 0 saturated carbocycles. The third-order valence-corrected chi connectivity index (χ3v) is 4.53. The number of hydrogen-bond donors (Lipinski definition) is 1. The largest absolute Gasteiger partial charge is 0.399 e. The summed E-state index contributed by atoms with van der Waals surface area (Å²) in [6.45, 7) is 4.80. The lowest BCUT2D eigenvalue weighted by molar-refractivity contribution is 0.0732. The van der Waals surface area contributed by atoms with Crippen LogP contribution in [0.3, 0.4) is 0 Å². The van der Waals surface area contributed by atoms with Gasteiger partial charge in [0.1, 0.15) is 0 Å². The number of anilines is 1. The molecular weight excluding hydrogens is 300 g/mol. The number of carbonyl (C=O) groups excluding carboxylic acids is 1. The van der Waals surface area contributed by atoms with Gasteiger partial charge in [0.2, 0.25) is 0 Å². The van der Waals surface area contributed by atoms with Gasteiger partial charge in [-0.25, -0.2) is 0 Å². The van der Waals surface area contributed by atoms with Gasteiger partial charge in [0, 0.05) is 30.3 Å². The summed E-state index contributed by atoms with van der Waals surface area (Å²) >= 11 is 0. The maximum atomic E-state index is 12.7. The van der Waals surface area contributed by atoms with Crippen LogP contribution in [0.1, 0.15) is 27.9 Å². The summed E-state index contributed by atoms with van der Waals surface area (Å²) in [6, 6.07) is 15.7. The van der Waals surface area contributed by atoms with E-state index >= 15 is 0 Å². The molecule has 1 saturated heterocycles. The van der Waals surface area contributed by atoms with Gasteiger partial charge in [-0.3, -0.25) is 4.79 Å². The molecule has 1 aliphatic heterocycles. The Hall–Kier alpha value is -2.33. The normalized spacial score (nSPS) is 17.2. The van der Waals surface area contributed by atoms with E-state index in [2.05, 4.69) is 12.1 Å². The molecular formula is C20H24N2O2. The molecule has 0 aliphatic carbocycles. The zero-order valence-electron chi connectivity index (χ0n) is 14.1. The second-order valence-electron chi connectivity index (χ2n) is 6.48. The van der Waals surface area contributed by atoms with Crippen LogP contribution >= 0.6 is 0 Å². The first-order chi connectivity index (χ1) is 11.6. The van der Waals surface area contributed by atoms with Crippen LogP contribution in [0.25, 0.3) is 0 Å². The molecule has 0 spiro atoms. The van der Waals surface area contributed by atoms with Crippen LogP contribution in [-0.2, 0) is 11.3 Å². The van der Waals surface area contributed by atoms with Crippen LogP contribution in [0.4, 0.5) is 5.69 Å². The summed E-state index contributed by atoms with van der Waals surface area (Å²) in [5.41, 5.74) is 9.31. The van der Waals surface area contributed by atoms with E-state index in [9.17, 15) is 4.79 Å². The highest BCUT2D eigenvalue weighted by atomic mass is 16.5. The number of likely N-dealkylation sites (tertiary alicyclic amines) is 1. The monoisotopic (exact) mass is 324 g/mol. The maximum absolute atomic E-state index is 12.7. The van der Waals surface area contributed by atoms with Crippen LogP contribution in [0.5, 0.6) is 0 Å². The molecule has 1 amide bonds. The lowest BCUT2D eigenvalue weighted by atomic mass is 10.1. The number of nitrogens with zero attached hydrogens (tertiary/aromatic N) is 1. The molecule has 1 fully saturated rings. The predicted octanol–water partition coefficient (Wildman–Crippen LogP) is 3.26. The summed E-state index contributed by atoms with van der Waals surface area (Å²) < 4.78 is 5.82. The van der Waals surface area contributed by atoms with Crippen molar-refractivity contribution in [1.82, 2.24) is 4.90 Å². The molecule has 2 aromatic rings. The van der Waals surface area contributed by atoms with Crippen molar-refractivity contribution in [3.05, 3.63) is 65.2 Å². The molecule has 0 aromatic heterocycles. The van der Waals surface area contributed by atoms with Gasteiger partial charge in [-0.15, -0.1) is 0 Å². The Kier molecular flexibility index (Phi) is 5.16. The molecule has 2 aromatic carbocycles. The van der Waals surface area contributed by atoms with Crippen molar-refractivity contribution in [2.24, 2.45) is 5.92 Å². The topological polar surface area (TPSA) is 55.6 Å². The highest BCUT2D eigenvalue weighted by Gasteiger charge is 2.27. The Balaban J connectivity index is 1.51. The van der Waals surface area contributed by atoms with Crippen LogP contribution in [0.15, 0.2) is 48.5 Å². The standard InChI is InChI=1S/C20H24N2O2/c1-15-7-8-18(21)11-19(15)20(23)22-10-9-17(12-22)14-24-13-16-5-3-2-4-6-16/h2-8,11,17H,9-10,12-14,21H2,1H3. The van der Waals surface area contributed by atoms with Gasteiger partial charge in [0.25, 0.3) is 5.91 Å². The van der Waals surface area contributed by atoms with E-state index < -0.39 is 0 Å². The first-order valence-corrected chi connectivity index (χ1v) is 8.40. The molecule has 24 heavy (non-hydrogen) atoms. The smallest absolute Gasteiger partial charge is 0.254 e. The highest BCUT2D eigenvalue weighted by Crippen LogP contribution is 2.22. The molecule has 1 aliphatic rings. The minimum absolute atomic E-state index is 0.0744. The number of nitrogens with two attached hydrogens (primary N) is 1. The minimum atomic E-state index is 0.0744. The quantitative estimate of drug-likeness (QED) is 0.859. The van der Waals surface area contributed by atoms with E-state index in [-0.39, 0.29) is 5.91 Å². The molecule has 4 nitrogen and oxygen atoms in total. The number of aryl methyl sites for hydroxylation is 1. The summed E-state index contributed by atoms with van der Waals surface area (Å²) in [7, 11) is 0. The van der Waals surface area contributed by atoms with Crippen LogP contribution in [0, 0.1) is 12.8 Å². The number of amides is 1. The Labute approximate surface area is 143 Å². The predicted molar refractivity (Wildman–Crippen MR) is 95.7 cm³/mol. The van der Waals surface area contributed by atoms with Crippen molar-refractivity contribution >= 4 is 11.6 Å². The average Bonchev–Trinajstić information content (AvgIpc) is 3.06. The number of benzene rings is 2. The summed E-state index contributed by atoms with van der Waals surface area (Å²) in [6.07, 6.45) is 0.988. The first kappa shape index (κ1) is 16.5. The van der Waals surface area contributed by atoms with E-state index in [1.54, 1.807) is 6.07 Å². The SMILES string of the molecule is Cc1ccc(N)cc1C(=O)N1CCC(COCc2ccccc2)C1. The Morgan fingerprint density at radius 3 is 2.83 bits per heavy atom. The van der Waals surface area contributed by atoms with E-state index in [4.69, 9.17) is 10.5 Å². The number of carbonyl (C=O) groups is 1. The van der Waals surface area contributed by atoms with Gasteiger partial charge >= 0.3 is 0 Å². The van der Waals surface area contributed by atoms with Crippen LogP contribution in [-0.4, -0.2) is 30.5 Å². The van der Waals surface area contributed by atoms with Gasteiger partial charge in [0.15, 0.2) is 0 Å². The van der Waals surface area contributed by atoms with Gasteiger partial charge < -0.3 is 15.4 Å². The summed E-state index contributed by atoms with van der Waals surface area (Å²) in [5, 5.41) is 0. The summed E-state index contributed by atoms with van der Waals surface area (Å²) in [5.74, 6) is 0.476. The molecule has 3 rings (SSSR count). The van der Waals surface area contributed by atoms with Gasteiger partial charge in [-0.05, 0) is 36.6 Å². The second kappa shape index (κ2) is 7.49.